The van der Waals surface area contributed by atoms with Gasteiger partial charge in [0.15, 0.2) is 0 Å². The van der Waals surface area contributed by atoms with Crippen LogP contribution in [0.25, 0.3) is 11.1 Å². The van der Waals surface area contributed by atoms with Crippen molar-refractivity contribution in [2.45, 2.75) is 6.18 Å². The Labute approximate surface area is 105 Å². The van der Waals surface area contributed by atoms with Gasteiger partial charge < -0.3 is 0 Å². The summed E-state index contributed by atoms with van der Waals surface area (Å²) in [6.45, 7) is 0. The predicted octanol–water partition coefficient (Wildman–Crippen LogP) is 4.94. The molecule has 0 spiro atoms. The van der Waals surface area contributed by atoms with Crippen molar-refractivity contribution in [3.05, 3.63) is 58.6 Å². The number of hydrogen-bond donors (Lipinski definition) is 0. The summed E-state index contributed by atoms with van der Waals surface area (Å²) in [5, 5.41) is 0. The molecule has 0 bridgehead atoms. The van der Waals surface area contributed by atoms with Gasteiger partial charge in [-0.25, -0.2) is 0 Å². The molecule has 2 aromatic carbocycles. The Morgan fingerprint density at radius 3 is 2.18 bits per heavy atom. The zero-order chi connectivity index (χ0) is 12.5. The molecule has 2 aromatic rings. The summed E-state index contributed by atoms with van der Waals surface area (Å²) in [4.78, 5) is 0. The highest BCUT2D eigenvalue weighted by Crippen LogP contribution is 2.32. The molecule has 0 aliphatic rings. The lowest BCUT2D eigenvalue weighted by atomic mass is 10.0. The second-order valence-electron chi connectivity index (χ2n) is 3.47. The summed E-state index contributed by atoms with van der Waals surface area (Å²) in [5.74, 6) is 0. The largest absolute Gasteiger partial charge is 0.416 e. The molecule has 1 radical (unpaired) electrons. The lowest BCUT2D eigenvalue weighted by molar-refractivity contribution is -0.137. The van der Waals surface area contributed by atoms with Crippen LogP contribution >= 0.6 is 15.9 Å². The minimum atomic E-state index is -4.29. The molecule has 0 nitrogen and oxygen atoms in total. The third kappa shape index (κ3) is 2.69. The molecular weight excluding hydrogens is 293 g/mol. The molecule has 0 amide bonds. The van der Waals surface area contributed by atoms with E-state index in [4.69, 9.17) is 0 Å². The van der Waals surface area contributed by atoms with Crippen LogP contribution < -0.4 is 0 Å². The van der Waals surface area contributed by atoms with E-state index in [1.54, 1.807) is 12.1 Å². The maximum absolute atomic E-state index is 12.4. The quantitative estimate of drug-likeness (QED) is 0.700. The Balaban J connectivity index is 2.40. The molecule has 0 fully saturated rings. The maximum atomic E-state index is 12.4. The van der Waals surface area contributed by atoms with Gasteiger partial charge in [-0.15, -0.1) is 0 Å². The van der Waals surface area contributed by atoms with Crippen LogP contribution in [0.15, 0.2) is 46.9 Å². The third-order valence-corrected chi connectivity index (χ3v) is 2.98. The van der Waals surface area contributed by atoms with Gasteiger partial charge in [0.05, 0.1) is 5.56 Å². The van der Waals surface area contributed by atoms with Crippen molar-refractivity contribution in [3.63, 3.8) is 0 Å². The number of rotatable bonds is 1. The molecule has 0 saturated heterocycles. The molecule has 0 aromatic heterocycles. The third-order valence-electron chi connectivity index (χ3n) is 2.33. The second kappa shape index (κ2) is 4.53. The monoisotopic (exact) mass is 299 g/mol. The van der Waals surface area contributed by atoms with Gasteiger partial charge in [-0.3, -0.25) is 0 Å². The van der Waals surface area contributed by atoms with Crippen molar-refractivity contribution in [1.82, 2.24) is 0 Å². The van der Waals surface area contributed by atoms with Crippen molar-refractivity contribution >= 4 is 15.9 Å². The summed E-state index contributed by atoms with van der Waals surface area (Å²) in [6.07, 6.45) is -4.29. The average Bonchev–Trinajstić information content (AvgIpc) is 2.29. The van der Waals surface area contributed by atoms with Crippen LogP contribution in [0.2, 0.25) is 0 Å². The van der Waals surface area contributed by atoms with E-state index in [1.165, 1.54) is 12.1 Å². The molecule has 0 aliphatic heterocycles. The van der Waals surface area contributed by atoms with Crippen molar-refractivity contribution in [2.75, 3.05) is 0 Å². The number of halogens is 4. The summed E-state index contributed by atoms with van der Waals surface area (Å²) in [7, 11) is 0. The second-order valence-corrected chi connectivity index (χ2v) is 4.27. The summed E-state index contributed by atoms with van der Waals surface area (Å²) < 4.78 is 37.9. The molecule has 0 atom stereocenters. The standard InChI is InChI=1S/C13H7BrF3/c14-12-4-2-1-3-11(12)9-5-7-10(8-6-9)13(15,16)17/h1-3,5-8H. The molecule has 0 unspecified atom stereocenters. The highest BCUT2D eigenvalue weighted by Gasteiger charge is 2.29. The Morgan fingerprint density at radius 1 is 1.00 bits per heavy atom. The summed E-state index contributed by atoms with van der Waals surface area (Å²) >= 11 is 3.31. The van der Waals surface area contributed by atoms with E-state index in [1.807, 2.05) is 6.07 Å². The summed E-state index contributed by atoms with van der Waals surface area (Å²) in [5.41, 5.74) is 0.903. The van der Waals surface area contributed by atoms with E-state index >= 15 is 0 Å². The highest BCUT2D eigenvalue weighted by atomic mass is 79.9. The Morgan fingerprint density at radius 2 is 1.65 bits per heavy atom. The van der Waals surface area contributed by atoms with Gasteiger partial charge in [0, 0.05) is 4.47 Å². The fraction of sp³-hybridized carbons (Fsp3) is 0.0769. The van der Waals surface area contributed by atoms with Crippen LogP contribution in [0.4, 0.5) is 13.2 Å². The van der Waals surface area contributed by atoms with Crippen LogP contribution in [0.3, 0.4) is 0 Å². The van der Waals surface area contributed by atoms with Crippen LogP contribution in [0.1, 0.15) is 5.56 Å². The first kappa shape index (κ1) is 12.2. The molecule has 87 valence electrons. The Bertz CT molecular complexity index is 515. The van der Waals surface area contributed by atoms with Gasteiger partial charge in [0.25, 0.3) is 0 Å². The maximum Gasteiger partial charge on any atom is 0.416 e. The molecule has 0 N–H and O–H groups in total. The van der Waals surface area contributed by atoms with E-state index in [0.717, 1.165) is 27.7 Å². The van der Waals surface area contributed by atoms with Crippen LogP contribution in [-0.2, 0) is 6.18 Å². The molecule has 4 heteroatoms. The van der Waals surface area contributed by atoms with Gasteiger partial charge >= 0.3 is 6.18 Å². The van der Waals surface area contributed by atoms with Crippen LogP contribution in [0, 0.1) is 6.07 Å². The van der Waals surface area contributed by atoms with Crippen molar-refractivity contribution < 1.29 is 13.2 Å². The number of benzene rings is 2. The van der Waals surface area contributed by atoms with E-state index in [9.17, 15) is 13.2 Å². The minimum absolute atomic E-state index is 0.641. The molecule has 0 aliphatic carbocycles. The Kier molecular flexibility index (Phi) is 3.24. The first-order valence-electron chi connectivity index (χ1n) is 4.82. The fourth-order valence-corrected chi connectivity index (χ4v) is 1.97. The van der Waals surface area contributed by atoms with Gasteiger partial charge in [-0.2, -0.15) is 13.2 Å². The van der Waals surface area contributed by atoms with Gasteiger partial charge in [0.2, 0.25) is 0 Å². The van der Waals surface area contributed by atoms with E-state index in [0.29, 0.717) is 0 Å². The SMILES string of the molecule is FC(F)(F)c1ccc(-c2ccc[c]c2Br)cc1. The predicted molar refractivity (Wildman–Crippen MR) is 63.4 cm³/mol. The average molecular weight is 300 g/mol. The topological polar surface area (TPSA) is 0 Å². The normalized spacial score (nSPS) is 11.5. The van der Waals surface area contributed by atoms with Gasteiger partial charge in [-0.1, -0.05) is 30.3 Å². The zero-order valence-electron chi connectivity index (χ0n) is 8.55. The minimum Gasteiger partial charge on any atom is -0.166 e. The molecule has 17 heavy (non-hydrogen) atoms. The highest BCUT2D eigenvalue weighted by molar-refractivity contribution is 9.10. The summed E-state index contributed by atoms with van der Waals surface area (Å²) in [6, 6.07) is 13.4. The van der Waals surface area contributed by atoms with Crippen molar-refractivity contribution in [3.8, 4) is 11.1 Å². The molecule has 0 saturated carbocycles. The van der Waals surface area contributed by atoms with E-state index in [-0.39, 0.29) is 0 Å². The van der Waals surface area contributed by atoms with Gasteiger partial charge in [0.1, 0.15) is 0 Å². The van der Waals surface area contributed by atoms with Crippen molar-refractivity contribution in [1.29, 1.82) is 0 Å². The van der Waals surface area contributed by atoms with Crippen molar-refractivity contribution in [2.24, 2.45) is 0 Å². The Hall–Kier alpha value is -1.29. The first-order chi connectivity index (χ1) is 7.98. The first-order valence-corrected chi connectivity index (χ1v) is 5.61. The molecule has 2 rings (SSSR count). The van der Waals surface area contributed by atoms with E-state index in [2.05, 4.69) is 22.0 Å². The zero-order valence-corrected chi connectivity index (χ0v) is 10.1. The molecular formula is C13H7BrF3. The van der Waals surface area contributed by atoms with Crippen LogP contribution in [-0.4, -0.2) is 0 Å². The smallest absolute Gasteiger partial charge is 0.166 e. The fourth-order valence-electron chi connectivity index (χ4n) is 1.48. The number of alkyl halides is 3. The number of hydrogen-bond acceptors (Lipinski definition) is 0. The lowest BCUT2D eigenvalue weighted by Gasteiger charge is -2.08. The lowest BCUT2D eigenvalue weighted by Crippen LogP contribution is -2.03. The van der Waals surface area contributed by atoms with Crippen LogP contribution in [0.5, 0.6) is 0 Å². The molecule has 0 heterocycles. The van der Waals surface area contributed by atoms with E-state index < -0.39 is 11.7 Å². The van der Waals surface area contributed by atoms with Gasteiger partial charge in [-0.05, 0) is 45.3 Å².